The summed E-state index contributed by atoms with van der Waals surface area (Å²) in [5, 5.41) is 7.40. The molecule has 0 aromatic rings. The summed E-state index contributed by atoms with van der Waals surface area (Å²) in [7, 11) is 0. The Balaban J connectivity index is 2.02. The number of nitrogens with one attached hydrogen (secondary N) is 1. The van der Waals surface area contributed by atoms with Gasteiger partial charge in [-0.3, -0.25) is 5.41 Å². The highest BCUT2D eigenvalue weighted by Crippen LogP contribution is 2.28. The highest BCUT2D eigenvalue weighted by Gasteiger charge is 2.16. The molecule has 2 rings (SSSR count). The van der Waals surface area contributed by atoms with Gasteiger partial charge >= 0.3 is 0 Å². The molecule has 0 heterocycles. The quantitative estimate of drug-likeness (QED) is 0.539. The summed E-state index contributed by atoms with van der Waals surface area (Å²) < 4.78 is 0. The fraction of sp³-hybridized carbons (Fsp3) is 0.357. The van der Waals surface area contributed by atoms with E-state index in [9.17, 15) is 0 Å². The molecule has 0 saturated heterocycles. The molecule has 2 nitrogen and oxygen atoms in total. The van der Waals surface area contributed by atoms with Gasteiger partial charge in [0.2, 0.25) is 0 Å². The van der Waals surface area contributed by atoms with Crippen molar-refractivity contribution in [2.24, 2.45) is 17.6 Å². The Morgan fingerprint density at radius 2 is 2.06 bits per heavy atom. The average Bonchev–Trinajstić information content (AvgIpc) is 2.30. The first-order valence-electron chi connectivity index (χ1n) is 5.74. The van der Waals surface area contributed by atoms with Gasteiger partial charge < -0.3 is 5.73 Å². The molecule has 2 aliphatic rings. The SMILES string of the molecule is CC1=CCC(C2=CCC(C(=N)N)C=C2)C=C1. The molecule has 0 amide bonds. The molecular formula is C14H18N2. The highest BCUT2D eigenvalue weighted by atomic mass is 14.7. The van der Waals surface area contributed by atoms with E-state index in [0.29, 0.717) is 5.92 Å². The largest absolute Gasteiger partial charge is 0.387 e. The summed E-state index contributed by atoms with van der Waals surface area (Å²) >= 11 is 0. The van der Waals surface area contributed by atoms with Gasteiger partial charge in [-0.1, -0.05) is 42.0 Å². The molecule has 0 fully saturated rings. The number of amidine groups is 1. The second-order valence-electron chi connectivity index (χ2n) is 4.51. The Hall–Kier alpha value is -1.57. The number of nitrogens with two attached hydrogens (primary N) is 1. The Bertz CT molecular complexity index is 410. The molecule has 0 spiro atoms. The Morgan fingerprint density at radius 1 is 1.25 bits per heavy atom. The van der Waals surface area contributed by atoms with Crippen molar-refractivity contribution in [1.29, 1.82) is 5.41 Å². The lowest BCUT2D eigenvalue weighted by molar-refractivity contribution is 0.745. The Morgan fingerprint density at radius 3 is 2.56 bits per heavy atom. The van der Waals surface area contributed by atoms with E-state index in [4.69, 9.17) is 11.1 Å². The van der Waals surface area contributed by atoms with Crippen LogP contribution in [-0.2, 0) is 0 Å². The van der Waals surface area contributed by atoms with Gasteiger partial charge in [-0.2, -0.15) is 0 Å². The maximum atomic E-state index is 7.40. The van der Waals surface area contributed by atoms with E-state index in [1.165, 1.54) is 11.1 Å². The highest BCUT2D eigenvalue weighted by molar-refractivity contribution is 5.82. The number of hydrogen-bond donors (Lipinski definition) is 2. The van der Waals surface area contributed by atoms with E-state index in [-0.39, 0.29) is 11.8 Å². The summed E-state index contributed by atoms with van der Waals surface area (Å²) in [6.07, 6.45) is 15.1. The number of allylic oxidation sites excluding steroid dienone is 7. The van der Waals surface area contributed by atoms with Crippen molar-refractivity contribution >= 4 is 5.84 Å². The first kappa shape index (κ1) is 10.9. The molecule has 84 valence electrons. The Labute approximate surface area is 96.7 Å². The van der Waals surface area contributed by atoms with E-state index in [0.717, 1.165) is 12.8 Å². The zero-order valence-electron chi connectivity index (χ0n) is 9.61. The van der Waals surface area contributed by atoms with Crippen LogP contribution in [0.15, 0.2) is 47.6 Å². The van der Waals surface area contributed by atoms with Crippen LogP contribution in [-0.4, -0.2) is 5.84 Å². The van der Waals surface area contributed by atoms with Crippen LogP contribution >= 0.6 is 0 Å². The number of hydrogen-bond acceptors (Lipinski definition) is 1. The molecule has 3 N–H and O–H groups in total. The standard InChI is InChI=1S/C14H18N2/c1-10-2-4-11(5-3-10)12-6-8-13(9-7-12)14(15)16/h2-4,6-8,11,13H,5,9H2,1H3,(H3,15,16). The molecule has 0 radical (unpaired) electrons. The summed E-state index contributed by atoms with van der Waals surface area (Å²) in [5.41, 5.74) is 8.19. The van der Waals surface area contributed by atoms with E-state index in [2.05, 4.69) is 43.4 Å². The molecule has 0 aromatic heterocycles. The average molecular weight is 214 g/mol. The number of rotatable bonds is 2. The summed E-state index contributed by atoms with van der Waals surface area (Å²) in [6.45, 7) is 2.13. The van der Waals surface area contributed by atoms with Crippen molar-refractivity contribution in [2.75, 3.05) is 0 Å². The van der Waals surface area contributed by atoms with Crippen LogP contribution in [0.5, 0.6) is 0 Å². The van der Waals surface area contributed by atoms with Crippen molar-refractivity contribution in [1.82, 2.24) is 0 Å². The van der Waals surface area contributed by atoms with Gasteiger partial charge in [-0.05, 0) is 25.3 Å². The summed E-state index contributed by atoms with van der Waals surface area (Å²) in [6, 6.07) is 0. The van der Waals surface area contributed by atoms with Crippen LogP contribution in [0, 0.1) is 17.2 Å². The van der Waals surface area contributed by atoms with Gasteiger partial charge in [0.1, 0.15) is 0 Å². The minimum absolute atomic E-state index is 0.105. The third-order valence-corrected chi connectivity index (χ3v) is 3.24. The van der Waals surface area contributed by atoms with Crippen LogP contribution < -0.4 is 5.73 Å². The minimum Gasteiger partial charge on any atom is -0.387 e. The van der Waals surface area contributed by atoms with Crippen molar-refractivity contribution in [3.05, 3.63) is 47.6 Å². The van der Waals surface area contributed by atoms with Gasteiger partial charge in [0.15, 0.2) is 0 Å². The first-order valence-corrected chi connectivity index (χ1v) is 5.74. The van der Waals surface area contributed by atoms with Crippen LogP contribution in [0.25, 0.3) is 0 Å². The second-order valence-corrected chi connectivity index (χ2v) is 4.51. The minimum atomic E-state index is 0.105. The van der Waals surface area contributed by atoms with Gasteiger partial charge in [0, 0.05) is 11.8 Å². The summed E-state index contributed by atoms with van der Waals surface area (Å²) in [4.78, 5) is 0. The first-order chi connectivity index (χ1) is 7.66. The van der Waals surface area contributed by atoms with Crippen LogP contribution in [0.3, 0.4) is 0 Å². The van der Waals surface area contributed by atoms with Crippen LogP contribution in [0.2, 0.25) is 0 Å². The van der Waals surface area contributed by atoms with Gasteiger partial charge in [-0.25, -0.2) is 0 Å². The van der Waals surface area contributed by atoms with Crippen molar-refractivity contribution < 1.29 is 0 Å². The Kier molecular flexibility index (Phi) is 3.09. The fourth-order valence-corrected chi connectivity index (χ4v) is 2.12. The van der Waals surface area contributed by atoms with Crippen molar-refractivity contribution in [2.45, 2.75) is 19.8 Å². The van der Waals surface area contributed by atoms with Gasteiger partial charge in [0.05, 0.1) is 5.84 Å². The van der Waals surface area contributed by atoms with Gasteiger partial charge in [0.25, 0.3) is 0 Å². The molecule has 0 saturated carbocycles. The lowest BCUT2D eigenvalue weighted by Crippen LogP contribution is -2.21. The van der Waals surface area contributed by atoms with Crippen LogP contribution in [0.4, 0.5) is 0 Å². The molecule has 0 aromatic carbocycles. The van der Waals surface area contributed by atoms with Crippen molar-refractivity contribution in [3.63, 3.8) is 0 Å². The maximum Gasteiger partial charge on any atom is 0.0978 e. The zero-order chi connectivity index (χ0) is 11.5. The van der Waals surface area contributed by atoms with Gasteiger partial charge in [-0.15, -0.1) is 0 Å². The summed E-state index contributed by atoms with van der Waals surface area (Å²) in [5.74, 6) is 0.878. The molecule has 2 unspecified atom stereocenters. The van der Waals surface area contributed by atoms with E-state index in [1.807, 2.05) is 0 Å². The molecule has 16 heavy (non-hydrogen) atoms. The molecule has 0 bridgehead atoms. The molecule has 2 aliphatic carbocycles. The lowest BCUT2D eigenvalue weighted by Gasteiger charge is -2.21. The molecule has 2 heteroatoms. The van der Waals surface area contributed by atoms with E-state index in [1.54, 1.807) is 0 Å². The predicted octanol–water partition coefficient (Wildman–Crippen LogP) is 2.95. The molecular weight excluding hydrogens is 196 g/mol. The van der Waals surface area contributed by atoms with E-state index >= 15 is 0 Å². The predicted molar refractivity (Wildman–Crippen MR) is 68.2 cm³/mol. The second kappa shape index (κ2) is 4.52. The zero-order valence-corrected chi connectivity index (χ0v) is 9.61. The normalized spacial score (nSPS) is 28.6. The third kappa shape index (κ3) is 2.32. The third-order valence-electron chi connectivity index (χ3n) is 3.24. The topological polar surface area (TPSA) is 49.9 Å². The fourth-order valence-electron chi connectivity index (χ4n) is 2.12. The van der Waals surface area contributed by atoms with Crippen LogP contribution in [0.1, 0.15) is 19.8 Å². The van der Waals surface area contributed by atoms with Crippen molar-refractivity contribution in [3.8, 4) is 0 Å². The van der Waals surface area contributed by atoms with E-state index < -0.39 is 0 Å². The smallest absolute Gasteiger partial charge is 0.0978 e. The molecule has 0 aliphatic heterocycles. The monoisotopic (exact) mass is 214 g/mol. The molecule has 2 atom stereocenters. The maximum absolute atomic E-state index is 7.40. The lowest BCUT2D eigenvalue weighted by atomic mass is 9.85.